The van der Waals surface area contributed by atoms with Crippen molar-refractivity contribution >= 4 is 23.0 Å². The molecule has 0 radical (unpaired) electrons. The highest BCUT2D eigenvalue weighted by molar-refractivity contribution is 7.80. The summed E-state index contributed by atoms with van der Waals surface area (Å²) in [5.41, 5.74) is 10.4. The van der Waals surface area contributed by atoms with Gasteiger partial charge < -0.3 is 10.1 Å². The maximum absolute atomic E-state index is 5.58. The van der Waals surface area contributed by atoms with Crippen molar-refractivity contribution in [1.82, 2.24) is 10.7 Å². The Balaban J connectivity index is 1.39. The standard InChI is InChI=1S/C21H23N3OS/c1-14(23-24-21(26)22-13-18-6-4-10-25-18)15-8-9-20-17(11-15)12-16-5-2-3-7-19(16)20/h2-3,5,7-9,11,18H,4,6,10,12-13H2,1H3,(H2,22,24,26)/b23-14+. The van der Waals surface area contributed by atoms with Crippen LogP contribution in [0.15, 0.2) is 47.6 Å². The lowest BCUT2D eigenvalue weighted by molar-refractivity contribution is 0.114. The zero-order valence-corrected chi connectivity index (χ0v) is 15.7. The molecule has 1 saturated heterocycles. The second-order valence-corrected chi connectivity index (χ2v) is 7.27. The molecule has 0 aromatic heterocycles. The summed E-state index contributed by atoms with van der Waals surface area (Å²) in [5, 5.41) is 8.15. The van der Waals surface area contributed by atoms with E-state index >= 15 is 0 Å². The molecule has 2 N–H and O–H groups in total. The van der Waals surface area contributed by atoms with Gasteiger partial charge in [-0.2, -0.15) is 5.10 Å². The van der Waals surface area contributed by atoms with E-state index in [9.17, 15) is 0 Å². The normalized spacial score (nSPS) is 18.3. The lowest BCUT2D eigenvalue weighted by Gasteiger charge is -2.12. The largest absolute Gasteiger partial charge is 0.376 e. The van der Waals surface area contributed by atoms with E-state index in [-0.39, 0.29) is 6.10 Å². The predicted octanol–water partition coefficient (Wildman–Crippen LogP) is 3.62. The molecule has 0 spiro atoms. The Morgan fingerprint density at radius 3 is 2.88 bits per heavy atom. The van der Waals surface area contributed by atoms with Gasteiger partial charge in [0, 0.05) is 13.2 Å². The smallest absolute Gasteiger partial charge is 0.187 e. The van der Waals surface area contributed by atoms with E-state index in [1.807, 2.05) is 6.92 Å². The third-order valence-electron chi connectivity index (χ3n) is 5.05. The van der Waals surface area contributed by atoms with Crippen LogP contribution in [0, 0.1) is 0 Å². The van der Waals surface area contributed by atoms with Gasteiger partial charge in [0.05, 0.1) is 11.8 Å². The maximum atomic E-state index is 5.58. The fourth-order valence-electron chi connectivity index (χ4n) is 3.62. The van der Waals surface area contributed by atoms with E-state index in [1.165, 1.54) is 22.3 Å². The first kappa shape index (κ1) is 17.2. The van der Waals surface area contributed by atoms with Gasteiger partial charge in [-0.1, -0.05) is 36.4 Å². The summed E-state index contributed by atoms with van der Waals surface area (Å²) in [4.78, 5) is 0. The van der Waals surface area contributed by atoms with Gasteiger partial charge in [-0.25, -0.2) is 0 Å². The van der Waals surface area contributed by atoms with Crippen LogP contribution in [-0.2, 0) is 11.2 Å². The number of ether oxygens (including phenoxy) is 1. The number of benzene rings is 2. The minimum Gasteiger partial charge on any atom is -0.376 e. The molecule has 134 valence electrons. The summed E-state index contributed by atoms with van der Waals surface area (Å²) in [5.74, 6) is 0. The van der Waals surface area contributed by atoms with Gasteiger partial charge in [0.25, 0.3) is 0 Å². The highest BCUT2D eigenvalue weighted by Gasteiger charge is 2.18. The van der Waals surface area contributed by atoms with Gasteiger partial charge >= 0.3 is 0 Å². The fraction of sp³-hybridized carbons (Fsp3) is 0.333. The molecule has 0 saturated carbocycles. The Bertz CT molecular complexity index is 856. The van der Waals surface area contributed by atoms with Crippen molar-refractivity contribution in [3.05, 3.63) is 59.2 Å². The molecule has 1 aliphatic carbocycles. The van der Waals surface area contributed by atoms with E-state index in [0.717, 1.165) is 43.7 Å². The Kier molecular flexibility index (Phi) is 5.00. The van der Waals surface area contributed by atoms with Gasteiger partial charge in [0.15, 0.2) is 5.11 Å². The molecule has 5 heteroatoms. The summed E-state index contributed by atoms with van der Waals surface area (Å²) in [6.07, 6.45) is 3.47. The van der Waals surface area contributed by atoms with Crippen LogP contribution >= 0.6 is 12.2 Å². The molecule has 2 aromatic carbocycles. The van der Waals surface area contributed by atoms with Crippen LogP contribution < -0.4 is 10.7 Å². The van der Waals surface area contributed by atoms with Crippen molar-refractivity contribution in [1.29, 1.82) is 0 Å². The number of nitrogens with one attached hydrogen (secondary N) is 2. The summed E-state index contributed by atoms with van der Waals surface area (Å²) in [6, 6.07) is 15.2. The predicted molar refractivity (Wildman–Crippen MR) is 110 cm³/mol. The SMILES string of the molecule is C/C(=N\NC(=S)NCC1CCCO1)c1ccc2c(c1)Cc1ccccc1-2. The van der Waals surface area contributed by atoms with Crippen LogP contribution in [0.2, 0.25) is 0 Å². The van der Waals surface area contributed by atoms with E-state index < -0.39 is 0 Å². The van der Waals surface area contributed by atoms with Crippen molar-refractivity contribution in [2.24, 2.45) is 5.10 Å². The quantitative estimate of drug-likeness (QED) is 0.421. The topological polar surface area (TPSA) is 45.7 Å². The first-order valence-corrected chi connectivity index (χ1v) is 9.53. The monoisotopic (exact) mass is 365 g/mol. The van der Waals surface area contributed by atoms with Gasteiger partial charge in [0.2, 0.25) is 0 Å². The van der Waals surface area contributed by atoms with Crippen LogP contribution in [0.5, 0.6) is 0 Å². The molecular formula is C21H23N3OS. The van der Waals surface area contributed by atoms with Crippen molar-refractivity contribution in [3.63, 3.8) is 0 Å². The molecule has 1 unspecified atom stereocenters. The van der Waals surface area contributed by atoms with Gasteiger partial charge in [0.1, 0.15) is 0 Å². The minimum absolute atomic E-state index is 0.262. The van der Waals surface area contributed by atoms with Crippen LogP contribution in [0.3, 0.4) is 0 Å². The molecule has 1 heterocycles. The number of hydrogen-bond donors (Lipinski definition) is 2. The van der Waals surface area contributed by atoms with Gasteiger partial charge in [-0.15, -0.1) is 0 Å². The third-order valence-corrected chi connectivity index (χ3v) is 5.29. The summed E-state index contributed by atoms with van der Waals surface area (Å²) in [6.45, 7) is 3.59. The van der Waals surface area contributed by atoms with Crippen molar-refractivity contribution < 1.29 is 4.74 Å². The fourth-order valence-corrected chi connectivity index (χ4v) is 3.75. The molecule has 0 bridgehead atoms. The Labute approximate surface area is 159 Å². The molecule has 2 aromatic rings. The zero-order valence-electron chi connectivity index (χ0n) is 14.9. The summed E-state index contributed by atoms with van der Waals surface area (Å²) < 4.78 is 5.58. The maximum Gasteiger partial charge on any atom is 0.187 e. The molecule has 4 nitrogen and oxygen atoms in total. The van der Waals surface area contributed by atoms with Crippen LogP contribution in [0.1, 0.15) is 36.5 Å². The molecule has 26 heavy (non-hydrogen) atoms. The van der Waals surface area contributed by atoms with Gasteiger partial charge in [-0.3, -0.25) is 5.43 Å². The average molecular weight is 366 g/mol. The number of fused-ring (bicyclic) bond motifs is 3. The molecular weight excluding hydrogens is 342 g/mol. The van der Waals surface area contributed by atoms with E-state index in [2.05, 4.69) is 58.3 Å². The first-order chi connectivity index (χ1) is 12.7. The number of hydrazone groups is 1. The average Bonchev–Trinajstić information content (AvgIpc) is 3.31. The minimum atomic E-state index is 0.262. The van der Waals surface area contributed by atoms with Crippen LogP contribution in [-0.4, -0.2) is 30.1 Å². The number of nitrogens with zero attached hydrogens (tertiary/aromatic N) is 1. The van der Waals surface area contributed by atoms with Crippen molar-refractivity contribution in [3.8, 4) is 11.1 Å². The Morgan fingerprint density at radius 1 is 1.19 bits per heavy atom. The second kappa shape index (κ2) is 7.56. The van der Waals surface area contributed by atoms with E-state index in [0.29, 0.717) is 5.11 Å². The number of thiocarbonyl (C=S) groups is 1. The first-order valence-electron chi connectivity index (χ1n) is 9.12. The molecule has 0 amide bonds. The van der Waals surface area contributed by atoms with Crippen molar-refractivity contribution in [2.45, 2.75) is 32.3 Å². The number of hydrogen-bond acceptors (Lipinski definition) is 3. The molecule has 1 atom stereocenters. The van der Waals surface area contributed by atoms with E-state index in [1.54, 1.807) is 0 Å². The third kappa shape index (κ3) is 3.64. The summed E-state index contributed by atoms with van der Waals surface area (Å²) >= 11 is 5.30. The van der Waals surface area contributed by atoms with E-state index in [4.69, 9.17) is 17.0 Å². The molecule has 2 aliphatic rings. The lowest BCUT2D eigenvalue weighted by atomic mass is 10.0. The lowest BCUT2D eigenvalue weighted by Crippen LogP contribution is -2.37. The molecule has 1 aliphatic heterocycles. The molecule has 4 rings (SSSR count). The highest BCUT2D eigenvalue weighted by atomic mass is 32.1. The van der Waals surface area contributed by atoms with Crippen LogP contribution in [0.25, 0.3) is 11.1 Å². The number of rotatable bonds is 4. The highest BCUT2D eigenvalue weighted by Crippen LogP contribution is 2.36. The molecule has 1 fully saturated rings. The van der Waals surface area contributed by atoms with Crippen LogP contribution in [0.4, 0.5) is 0 Å². The summed E-state index contributed by atoms with van der Waals surface area (Å²) in [7, 11) is 0. The Morgan fingerprint density at radius 2 is 2.04 bits per heavy atom. The second-order valence-electron chi connectivity index (χ2n) is 6.86. The van der Waals surface area contributed by atoms with Gasteiger partial charge in [-0.05, 0) is 72.3 Å². The Hall–Kier alpha value is -2.24. The van der Waals surface area contributed by atoms with Crippen molar-refractivity contribution in [2.75, 3.05) is 13.2 Å². The zero-order chi connectivity index (χ0) is 17.9.